The van der Waals surface area contributed by atoms with Crippen molar-refractivity contribution in [1.82, 2.24) is 9.78 Å². The fourth-order valence-corrected chi connectivity index (χ4v) is 3.77. The quantitative estimate of drug-likeness (QED) is 0.649. The van der Waals surface area contributed by atoms with Gasteiger partial charge < -0.3 is 4.90 Å². The molecule has 144 valence electrons. The molecular weight excluding hydrogens is 353 g/mol. The molecule has 0 radical (unpaired) electrons. The Morgan fingerprint density at radius 2 is 1.89 bits per heavy atom. The monoisotopic (exact) mass is 377 g/mol. The lowest BCUT2D eigenvalue weighted by atomic mass is 10.0. The van der Waals surface area contributed by atoms with E-state index in [9.17, 15) is 9.18 Å². The second-order valence-electron chi connectivity index (χ2n) is 7.63. The average Bonchev–Trinajstić information content (AvgIpc) is 3.30. The SMILES string of the molecule is CC(C)c1cccc(N(C)C(=O)c2nn(-c3ccc(F)cc3)c3c2CCC3)c1. The Labute approximate surface area is 164 Å². The van der Waals surface area contributed by atoms with Gasteiger partial charge in [0.15, 0.2) is 5.69 Å². The van der Waals surface area contributed by atoms with Crippen LogP contribution in [0.3, 0.4) is 0 Å². The van der Waals surface area contributed by atoms with Crippen LogP contribution in [0, 0.1) is 5.82 Å². The molecule has 0 N–H and O–H groups in total. The first kappa shape index (κ1) is 18.4. The number of hydrogen-bond donors (Lipinski definition) is 0. The first-order valence-electron chi connectivity index (χ1n) is 9.70. The third-order valence-corrected chi connectivity index (χ3v) is 5.43. The fourth-order valence-electron chi connectivity index (χ4n) is 3.77. The predicted molar refractivity (Wildman–Crippen MR) is 109 cm³/mol. The van der Waals surface area contributed by atoms with Crippen LogP contribution in [-0.2, 0) is 12.8 Å². The van der Waals surface area contributed by atoms with Crippen LogP contribution in [0.2, 0.25) is 0 Å². The highest BCUT2D eigenvalue weighted by Crippen LogP contribution is 2.30. The lowest BCUT2D eigenvalue weighted by molar-refractivity contribution is 0.0987. The molecule has 0 saturated heterocycles. The van der Waals surface area contributed by atoms with Crippen molar-refractivity contribution in [2.45, 2.75) is 39.0 Å². The lowest BCUT2D eigenvalue weighted by Crippen LogP contribution is -2.27. The number of halogens is 1. The molecule has 4 rings (SSSR count). The molecule has 0 aliphatic heterocycles. The molecule has 3 aromatic rings. The summed E-state index contributed by atoms with van der Waals surface area (Å²) < 4.78 is 15.1. The summed E-state index contributed by atoms with van der Waals surface area (Å²) in [6, 6.07) is 14.3. The van der Waals surface area contributed by atoms with Crippen molar-refractivity contribution in [2.24, 2.45) is 0 Å². The molecule has 0 saturated carbocycles. The number of nitrogens with zero attached hydrogens (tertiary/aromatic N) is 3. The van der Waals surface area contributed by atoms with Gasteiger partial charge in [-0.15, -0.1) is 0 Å². The minimum Gasteiger partial charge on any atom is -0.310 e. The summed E-state index contributed by atoms with van der Waals surface area (Å²) in [7, 11) is 1.79. The molecule has 4 nitrogen and oxygen atoms in total. The summed E-state index contributed by atoms with van der Waals surface area (Å²) in [4.78, 5) is 14.9. The van der Waals surface area contributed by atoms with E-state index in [1.807, 2.05) is 12.1 Å². The highest BCUT2D eigenvalue weighted by Gasteiger charge is 2.29. The number of aromatic nitrogens is 2. The molecule has 28 heavy (non-hydrogen) atoms. The number of hydrogen-bond acceptors (Lipinski definition) is 2. The molecule has 1 aliphatic carbocycles. The zero-order chi connectivity index (χ0) is 19.8. The standard InChI is InChI=1S/C23H24FN3O/c1-15(2)16-6-4-7-19(14-16)26(3)23(28)22-20-8-5-9-21(20)27(25-22)18-12-10-17(24)11-13-18/h4,6-7,10-15H,5,8-9H2,1-3H3. The van der Waals surface area contributed by atoms with Crippen molar-refractivity contribution in [2.75, 3.05) is 11.9 Å². The summed E-state index contributed by atoms with van der Waals surface area (Å²) in [5.41, 5.74) is 5.40. The lowest BCUT2D eigenvalue weighted by Gasteiger charge is -2.18. The summed E-state index contributed by atoms with van der Waals surface area (Å²) in [6.07, 6.45) is 2.72. The number of rotatable bonds is 4. The van der Waals surface area contributed by atoms with Crippen LogP contribution in [0.15, 0.2) is 48.5 Å². The second-order valence-corrected chi connectivity index (χ2v) is 7.63. The van der Waals surface area contributed by atoms with E-state index in [-0.39, 0.29) is 11.7 Å². The Morgan fingerprint density at radius 1 is 1.14 bits per heavy atom. The van der Waals surface area contributed by atoms with Gasteiger partial charge in [0, 0.05) is 24.0 Å². The highest BCUT2D eigenvalue weighted by atomic mass is 19.1. The fraction of sp³-hybridized carbons (Fsp3) is 0.304. The Kier molecular flexibility index (Phi) is 4.75. The van der Waals surface area contributed by atoms with E-state index in [4.69, 9.17) is 0 Å². The van der Waals surface area contributed by atoms with Crippen LogP contribution in [0.1, 0.15) is 53.5 Å². The summed E-state index contributed by atoms with van der Waals surface area (Å²) >= 11 is 0. The van der Waals surface area contributed by atoms with Crippen molar-refractivity contribution in [1.29, 1.82) is 0 Å². The van der Waals surface area contributed by atoms with Crippen molar-refractivity contribution < 1.29 is 9.18 Å². The second kappa shape index (κ2) is 7.23. The maximum atomic E-state index is 13.3. The van der Waals surface area contributed by atoms with E-state index < -0.39 is 0 Å². The molecule has 1 heterocycles. The van der Waals surface area contributed by atoms with Gasteiger partial charge in [0.05, 0.1) is 5.69 Å². The molecule has 1 aromatic heterocycles. The molecule has 0 atom stereocenters. The minimum atomic E-state index is -0.284. The molecule has 5 heteroatoms. The van der Waals surface area contributed by atoms with E-state index in [0.29, 0.717) is 11.6 Å². The largest absolute Gasteiger partial charge is 0.310 e. The Balaban J connectivity index is 1.71. The van der Waals surface area contributed by atoms with E-state index in [1.165, 1.54) is 17.7 Å². The van der Waals surface area contributed by atoms with Gasteiger partial charge in [0.2, 0.25) is 0 Å². The van der Waals surface area contributed by atoms with Crippen molar-refractivity contribution >= 4 is 11.6 Å². The third-order valence-electron chi connectivity index (χ3n) is 5.43. The van der Waals surface area contributed by atoms with Crippen LogP contribution in [0.4, 0.5) is 10.1 Å². The van der Waals surface area contributed by atoms with Gasteiger partial charge in [0.1, 0.15) is 5.82 Å². The van der Waals surface area contributed by atoms with Gasteiger partial charge >= 0.3 is 0 Å². The summed E-state index contributed by atoms with van der Waals surface area (Å²) in [6.45, 7) is 4.27. The van der Waals surface area contributed by atoms with Gasteiger partial charge in [-0.05, 0) is 67.1 Å². The molecule has 0 spiro atoms. The topological polar surface area (TPSA) is 38.1 Å². The third kappa shape index (κ3) is 3.21. The molecule has 0 fully saturated rings. The number of carbonyl (C=O) groups is 1. The highest BCUT2D eigenvalue weighted by molar-refractivity contribution is 6.05. The molecule has 2 aromatic carbocycles. The average molecular weight is 377 g/mol. The normalized spacial score (nSPS) is 13.0. The van der Waals surface area contributed by atoms with Gasteiger partial charge in [-0.2, -0.15) is 5.10 Å². The van der Waals surface area contributed by atoms with Crippen LogP contribution in [0.5, 0.6) is 0 Å². The van der Waals surface area contributed by atoms with Crippen LogP contribution >= 0.6 is 0 Å². The molecule has 0 bridgehead atoms. The van der Waals surface area contributed by atoms with Crippen LogP contribution < -0.4 is 4.90 Å². The number of anilines is 1. The van der Waals surface area contributed by atoms with Gasteiger partial charge in [-0.25, -0.2) is 9.07 Å². The van der Waals surface area contributed by atoms with Gasteiger partial charge in [-0.1, -0.05) is 26.0 Å². The Hall–Kier alpha value is -2.95. The van der Waals surface area contributed by atoms with E-state index >= 15 is 0 Å². The van der Waals surface area contributed by atoms with Crippen molar-refractivity contribution in [3.05, 3.63) is 76.9 Å². The number of carbonyl (C=O) groups excluding carboxylic acids is 1. The number of amides is 1. The number of fused-ring (bicyclic) bond motifs is 1. The van der Waals surface area contributed by atoms with E-state index in [0.717, 1.165) is 41.9 Å². The Bertz CT molecular complexity index is 1020. The number of benzene rings is 2. The minimum absolute atomic E-state index is 0.111. The van der Waals surface area contributed by atoms with E-state index in [1.54, 1.807) is 28.8 Å². The zero-order valence-electron chi connectivity index (χ0n) is 16.4. The van der Waals surface area contributed by atoms with Crippen molar-refractivity contribution in [3.63, 3.8) is 0 Å². The summed E-state index contributed by atoms with van der Waals surface area (Å²) in [5.74, 6) is -0.000999. The van der Waals surface area contributed by atoms with Gasteiger partial charge in [-0.3, -0.25) is 4.79 Å². The maximum absolute atomic E-state index is 13.3. The molecule has 1 aliphatic rings. The molecule has 1 amide bonds. The molecular formula is C23H24FN3O. The Morgan fingerprint density at radius 3 is 2.61 bits per heavy atom. The maximum Gasteiger partial charge on any atom is 0.278 e. The smallest absolute Gasteiger partial charge is 0.278 e. The summed E-state index contributed by atoms with van der Waals surface area (Å²) in [5, 5.41) is 4.64. The van der Waals surface area contributed by atoms with Gasteiger partial charge in [0.25, 0.3) is 5.91 Å². The first-order valence-corrected chi connectivity index (χ1v) is 9.70. The van der Waals surface area contributed by atoms with Crippen LogP contribution in [0.25, 0.3) is 5.69 Å². The van der Waals surface area contributed by atoms with Crippen molar-refractivity contribution in [3.8, 4) is 5.69 Å². The van der Waals surface area contributed by atoms with E-state index in [2.05, 4.69) is 31.1 Å². The van der Waals surface area contributed by atoms with Crippen LogP contribution in [-0.4, -0.2) is 22.7 Å². The predicted octanol–water partition coefficient (Wildman–Crippen LogP) is 4.90. The molecule has 0 unspecified atom stereocenters. The zero-order valence-corrected chi connectivity index (χ0v) is 16.4. The first-order chi connectivity index (χ1) is 13.5.